The maximum Gasteiger partial charge on any atom is 0.0530 e. The lowest BCUT2D eigenvalue weighted by molar-refractivity contribution is 0.668. The Bertz CT molecular complexity index is 536. The summed E-state index contributed by atoms with van der Waals surface area (Å²) in [5.41, 5.74) is 5.67. The first-order valence-electron chi connectivity index (χ1n) is 5.79. The fourth-order valence-corrected chi connectivity index (χ4v) is 3.02. The second kappa shape index (κ2) is 5.43. The molecule has 0 aromatic heterocycles. The van der Waals surface area contributed by atoms with Gasteiger partial charge in [0.1, 0.15) is 0 Å². The smallest absolute Gasteiger partial charge is 0.0530 e. The summed E-state index contributed by atoms with van der Waals surface area (Å²) < 4.78 is 12.0. The minimum absolute atomic E-state index is 0.111. The molecule has 0 aliphatic carbocycles. The number of hydrogen-bond donors (Lipinski definition) is 1. The van der Waals surface area contributed by atoms with Crippen molar-refractivity contribution in [3.63, 3.8) is 0 Å². The van der Waals surface area contributed by atoms with E-state index >= 15 is 0 Å². The highest BCUT2D eigenvalue weighted by Crippen LogP contribution is 2.18. The normalized spacial score (nSPS) is 14.7. The molecule has 90 valence electrons. The lowest BCUT2D eigenvalue weighted by Gasteiger charge is -2.06. The summed E-state index contributed by atoms with van der Waals surface area (Å²) in [4.78, 5) is 0.893. The van der Waals surface area contributed by atoms with Crippen molar-refractivity contribution in [1.82, 2.24) is 0 Å². The van der Waals surface area contributed by atoms with E-state index in [1.807, 2.05) is 43.3 Å². The molecule has 2 N–H and O–H groups in total. The van der Waals surface area contributed by atoms with E-state index in [2.05, 4.69) is 6.07 Å². The van der Waals surface area contributed by atoms with Crippen molar-refractivity contribution in [1.29, 1.82) is 0 Å². The molecule has 2 atom stereocenters. The lowest BCUT2D eigenvalue weighted by Crippen LogP contribution is -2.17. The summed E-state index contributed by atoms with van der Waals surface area (Å²) in [6.07, 6.45) is 0.791. The van der Waals surface area contributed by atoms with Crippen LogP contribution >= 0.6 is 0 Å². The van der Waals surface area contributed by atoms with Crippen LogP contribution in [0.15, 0.2) is 47.4 Å². The third-order valence-corrected chi connectivity index (χ3v) is 4.13. The van der Waals surface area contributed by atoms with Crippen molar-refractivity contribution < 1.29 is 4.21 Å². The van der Waals surface area contributed by atoms with Gasteiger partial charge in [0.05, 0.1) is 10.8 Å². The van der Waals surface area contributed by atoms with Gasteiger partial charge in [-0.2, -0.15) is 0 Å². The van der Waals surface area contributed by atoms with Gasteiger partial charge in [-0.1, -0.05) is 30.3 Å². The van der Waals surface area contributed by atoms with Crippen LogP contribution in [0, 0.1) is 0 Å². The van der Waals surface area contributed by atoms with Gasteiger partial charge in [-0.25, -0.2) is 0 Å². The van der Waals surface area contributed by atoms with Crippen molar-refractivity contribution in [2.45, 2.75) is 24.3 Å². The number of nitrogens with two attached hydrogens (primary N) is 1. The zero-order chi connectivity index (χ0) is 12.3. The van der Waals surface area contributed by atoms with Crippen LogP contribution in [-0.4, -0.2) is 16.0 Å². The largest absolute Gasteiger partial charge is 0.328 e. The van der Waals surface area contributed by atoms with Gasteiger partial charge in [-0.15, -0.1) is 0 Å². The van der Waals surface area contributed by atoms with Gasteiger partial charge in [0, 0.05) is 16.7 Å². The Hall–Kier alpha value is -1.19. The first-order valence-corrected chi connectivity index (χ1v) is 7.11. The topological polar surface area (TPSA) is 43.1 Å². The van der Waals surface area contributed by atoms with Crippen LogP contribution in [0.4, 0.5) is 0 Å². The van der Waals surface area contributed by atoms with E-state index in [0.717, 1.165) is 16.7 Å². The average molecular weight is 247 g/mol. The fraction of sp³-hybridized carbons (Fsp3) is 0.286. The maximum atomic E-state index is 12.0. The second-order valence-corrected chi connectivity index (χ2v) is 5.90. The second-order valence-electron chi connectivity index (χ2n) is 4.32. The monoisotopic (exact) mass is 247 g/mol. The quantitative estimate of drug-likeness (QED) is 0.902. The molecular weight excluding hydrogens is 230 g/mol. The molecule has 0 amide bonds. The molecule has 2 aromatic rings. The summed E-state index contributed by atoms with van der Waals surface area (Å²) in [7, 11) is -0.940. The molecule has 2 unspecified atom stereocenters. The SMILES string of the molecule is CC(N)CCS(=O)c1ccc2ccccc2c1. The molecular formula is C14H17NOS. The van der Waals surface area contributed by atoms with E-state index in [-0.39, 0.29) is 6.04 Å². The van der Waals surface area contributed by atoms with Gasteiger partial charge in [-0.3, -0.25) is 4.21 Å². The molecule has 0 saturated heterocycles. The molecule has 2 nitrogen and oxygen atoms in total. The van der Waals surface area contributed by atoms with Crippen LogP contribution in [-0.2, 0) is 10.8 Å². The van der Waals surface area contributed by atoms with Crippen LogP contribution in [0.2, 0.25) is 0 Å². The molecule has 0 aliphatic heterocycles. The van der Waals surface area contributed by atoms with Crippen LogP contribution < -0.4 is 5.73 Å². The minimum atomic E-state index is -0.940. The Morgan fingerprint density at radius 1 is 1.18 bits per heavy atom. The molecule has 0 bridgehead atoms. The molecule has 2 aromatic carbocycles. The summed E-state index contributed by atoms with van der Waals surface area (Å²) in [6.45, 7) is 1.94. The third kappa shape index (κ3) is 3.14. The highest BCUT2D eigenvalue weighted by Gasteiger charge is 2.06. The first-order chi connectivity index (χ1) is 8.16. The van der Waals surface area contributed by atoms with E-state index in [1.165, 1.54) is 5.39 Å². The van der Waals surface area contributed by atoms with E-state index in [0.29, 0.717) is 5.75 Å². The van der Waals surface area contributed by atoms with Crippen molar-refractivity contribution in [2.24, 2.45) is 5.73 Å². The van der Waals surface area contributed by atoms with E-state index < -0.39 is 10.8 Å². The van der Waals surface area contributed by atoms with Crippen LogP contribution in [0.3, 0.4) is 0 Å². The number of fused-ring (bicyclic) bond motifs is 1. The molecule has 3 heteroatoms. The van der Waals surface area contributed by atoms with Gasteiger partial charge in [0.2, 0.25) is 0 Å². The number of benzene rings is 2. The van der Waals surface area contributed by atoms with Gasteiger partial charge >= 0.3 is 0 Å². The molecule has 0 aliphatic rings. The summed E-state index contributed by atoms with van der Waals surface area (Å²) >= 11 is 0. The highest BCUT2D eigenvalue weighted by molar-refractivity contribution is 7.85. The molecule has 0 spiro atoms. The zero-order valence-electron chi connectivity index (χ0n) is 9.93. The maximum absolute atomic E-state index is 12.0. The Morgan fingerprint density at radius 2 is 1.88 bits per heavy atom. The lowest BCUT2D eigenvalue weighted by atomic mass is 10.1. The molecule has 0 saturated carbocycles. The third-order valence-electron chi connectivity index (χ3n) is 2.74. The molecule has 0 radical (unpaired) electrons. The van der Waals surface area contributed by atoms with Crippen LogP contribution in [0.25, 0.3) is 10.8 Å². The van der Waals surface area contributed by atoms with Gasteiger partial charge in [0.25, 0.3) is 0 Å². The summed E-state index contributed by atoms with van der Waals surface area (Å²) in [5, 5.41) is 2.32. The minimum Gasteiger partial charge on any atom is -0.328 e. The van der Waals surface area contributed by atoms with Gasteiger partial charge in [0.15, 0.2) is 0 Å². The van der Waals surface area contributed by atoms with Crippen LogP contribution in [0.1, 0.15) is 13.3 Å². The number of hydrogen-bond acceptors (Lipinski definition) is 2. The zero-order valence-corrected chi connectivity index (χ0v) is 10.7. The predicted octanol–water partition coefficient (Wildman–Crippen LogP) is 2.68. The first kappa shape index (κ1) is 12.3. The van der Waals surface area contributed by atoms with Crippen molar-refractivity contribution in [3.8, 4) is 0 Å². The van der Waals surface area contributed by atoms with Crippen molar-refractivity contribution in [3.05, 3.63) is 42.5 Å². The summed E-state index contributed by atoms with van der Waals surface area (Å²) in [5.74, 6) is 0.635. The van der Waals surface area contributed by atoms with Gasteiger partial charge < -0.3 is 5.73 Å². The fourth-order valence-electron chi connectivity index (χ4n) is 1.72. The van der Waals surface area contributed by atoms with Crippen LogP contribution in [0.5, 0.6) is 0 Å². The Labute approximate surface area is 104 Å². The van der Waals surface area contributed by atoms with E-state index in [1.54, 1.807) is 0 Å². The highest BCUT2D eigenvalue weighted by atomic mass is 32.2. The molecule has 17 heavy (non-hydrogen) atoms. The van der Waals surface area contributed by atoms with E-state index in [4.69, 9.17) is 5.73 Å². The average Bonchev–Trinajstić information content (AvgIpc) is 2.35. The Morgan fingerprint density at radius 3 is 2.59 bits per heavy atom. The summed E-state index contributed by atoms with van der Waals surface area (Å²) in [6, 6.07) is 14.2. The van der Waals surface area contributed by atoms with E-state index in [9.17, 15) is 4.21 Å². The molecule has 2 rings (SSSR count). The number of rotatable bonds is 4. The standard InChI is InChI=1S/C14H17NOS/c1-11(15)8-9-17(16)14-7-6-12-4-2-3-5-13(12)10-14/h2-7,10-11H,8-9,15H2,1H3. The predicted molar refractivity (Wildman–Crippen MR) is 73.5 cm³/mol. The Balaban J connectivity index is 2.21. The molecule has 0 fully saturated rings. The van der Waals surface area contributed by atoms with Crippen molar-refractivity contribution in [2.75, 3.05) is 5.75 Å². The molecule has 0 heterocycles. The van der Waals surface area contributed by atoms with Crippen molar-refractivity contribution >= 4 is 21.6 Å². The van der Waals surface area contributed by atoms with Gasteiger partial charge in [-0.05, 0) is 36.2 Å². The Kier molecular flexibility index (Phi) is 3.92.